The molecule has 0 aromatic carbocycles. The van der Waals surface area contributed by atoms with Gasteiger partial charge in [0, 0.05) is 0 Å². The second kappa shape index (κ2) is 4.84. The molecule has 0 spiro atoms. The quantitative estimate of drug-likeness (QED) is 0.693. The second-order valence-electron chi connectivity index (χ2n) is 6.26. The average molecular weight is 213 g/mol. The van der Waals surface area contributed by atoms with E-state index in [0.29, 0.717) is 12.0 Å². The molecule has 1 fully saturated rings. The molecular formula is C13H27NO. The highest BCUT2D eigenvalue weighted by Crippen LogP contribution is 2.40. The molecule has 1 saturated carbocycles. The zero-order valence-corrected chi connectivity index (χ0v) is 10.6. The van der Waals surface area contributed by atoms with Crippen LogP contribution in [0.3, 0.4) is 0 Å². The Kier molecular flexibility index (Phi) is 4.19. The molecule has 0 heterocycles. The minimum atomic E-state index is -0.464. The molecule has 3 N–H and O–H groups in total. The molecule has 15 heavy (non-hydrogen) atoms. The Morgan fingerprint density at radius 3 is 2.47 bits per heavy atom. The molecule has 90 valence electrons. The first-order valence-corrected chi connectivity index (χ1v) is 6.30. The van der Waals surface area contributed by atoms with Crippen LogP contribution < -0.4 is 5.73 Å². The van der Waals surface area contributed by atoms with Crippen molar-refractivity contribution in [2.45, 2.75) is 64.9 Å². The molecule has 0 amide bonds. The number of nitrogens with two attached hydrogens (primary N) is 1. The fraction of sp³-hybridized carbons (Fsp3) is 1.00. The van der Waals surface area contributed by atoms with E-state index in [2.05, 4.69) is 20.8 Å². The largest absolute Gasteiger partial charge is 0.390 e. The first kappa shape index (κ1) is 13.0. The van der Waals surface area contributed by atoms with Crippen molar-refractivity contribution in [3.8, 4) is 0 Å². The second-order valence-corrected chi connectivity index (χ2v) is 6.26. The van der Waals surface area contributed by atoms with Crippen molar-refractivity contribution in [1.29, 1.82) is 0 Å². The number of rotatable bonds is 2. The van der Waals surface area contributed by atoms with E-state index in [-0.39, 0.29) is 0 Å². The fourth-order valence-corrected chi connectivity index (χ4v) is 2.77. The number of aliphatic hydroxyl groups is 1. The third-order valence-electron chi connectivity index (χ3n) is 3.99. The summed E-state index contributed by atoms with van der Waals surface area (Å²) in [6.07, 6.45) is 6.21. The Balaban J connectivity index is 2.55. The van der Waals surface area contributed by atoms with Crippen LogP contribution in [0.15, 0.2) is 0 Å². The Morgan fingerprint density at radius 1 is 1.27 bits per heavy atom. The van der Waals surface area contributed by atoms with Gasteiger partial charge in [-0.3, -0.25) is 0 Å². The molecule has 2 nitrogen and oxygen atoms in total. The van der Waals surface area contributed by atoms with Crippen molar-refractivity contribution in [2.75, 3.05) is 6.54 Å². The highest BCUT2D eigenvalue weighted by atomic mass is 16.3. The lowest BCUT2D eigenvalue weighted by Crippen LogP contribution is -2.31. The highest BCUT2D eigenvalue weighted by molar-refractivity contribution is 4.86. The van der Waals surface area contributed by atoms with Gasteiger partial charge in [0.15, 0.2) is 0 Å². The first-order chi connectivity index (χ1) is 6.87. The SMILES string of the molecule is CC(C)(C)C1CCCC(O)(CCN)CC1. The topological polar surface area (TPSA) is 46.2 Å². The summed E-state index contributed by atoms with van der Waals surface area (Å²) >= 11 is 0. The van der Waals surface area contributed by atoms with E-state index in [1.807, 2.05) is 0 Å². The predicted octanol–water partition coefficient (Wildman–Crippen LogP) is 2.69. The lowest BCUT2D eigenvalue weighted by Gasteiger charge is -2.30. The summed E-state index contributed by atoms with van der Waals surface area (Å²) in [7, 11) is 0. The molecule has 2 unspecified atom stereocenters. The summed E-state index contributed by atoms with van der Waals surface area (Å²) in [6.45, 7) is 7.54. The summed E-state index contributed by atoms with van der Waals surface area (Å²) in [6, 6.07) is 0. The van der Waals surface area contributed by atoms with E-state index in [9.17, 15) is 5.11 Å². The monoisotopic (exact) mass is 213 g/mol. The van der Waals surface area contributed by atoms with Crippen LogP contribution in [0.1, 0.15) is 59.3 Å². The smallest absolute Gasteiger partial charge is 0.0660 e. The summed E-state index contributed by atoms with van der Waals surface area (Å²) in [5, 5.41) is 10.4. The Morgan fingerprint density at radius 2 is 1.93 bits per heavy atom. The molecule has 1 rings (SSSR count). The molecule has 0 aromatic heterocycles. The van der Waals surface area contributed by atoms with Gasteiger partial charge >= 0.3 is 0 Å². The van der Waals surface area contributed by atoms with Crippen LogP contribution in [0.4, 0.5) is 0 Å². The van der Waals surface area contributed by atoms with Crippen molar-refractivity contribution in [3.05, 3.63) is 0 Å². The van der Waals surface area contributed by atoms with Crippen molar-refractivity contribution in [2.24, 2.45) is 17.1 Å². The molecule has 0 aromatic rings. The van der Waals surface area contributed by atoms with Gasteiger partial charge in [-0.05, 0) is 50.0 Å². The summed E-state index contributed by atoms with van der Waals surface area (Å²) in [5.41, 5.74) is 5.48. The number of hydrogen-bond acceptors (Lipinski definition) is 2. The van der Waals surface area contributed by atoms with E-state index in [4.69, 9.17) is 5.73 Å². The maximum atomic E-state index is 10.4. The highest BCUT2D eigenvalue weighted by Gasteiger charge is 2.33. The Bertz CT molecular complexity index is 197. The summed E-state index contributed by atoms with van der Waals surface area (Å²) in [5.74, 6) is 0.754. The van der Waals surface area contributed by atoms with Gasteiger partial charge in [-0.15, -0.1) is 0 Å². The molecule has 0 aliphatic heterocycles. The van der Waals surface area contributed by atoms with E-state index >= 15 is 0 Å². The molecule has 0 radical (unpaired) electrons. The third-order valence-corrected chi connectivity index (χ3v) is 3.99. The van der Waals surface area contributed by atoms with Crippen LogP contribution >= 0.6 is 0 Å². The van der Waals surface area contributed by atoms with Crippen LogP contribution in [-0.2, 0) is 0 Å². The molecule has 0 saturated heterocycles. The third kappa shape index (κ3) is 3.76. The van der Waals surface area contributed by atoms with E-state index < -0.39 is 5.60 Å². The van der Waals surface area contributed by atoms with Crippen LogP contribution in [0.25, 0.3) is 0 Å². The predicted molar refractivity (Wildman–Crippen MR) is 64.7 cm³/mol. The Labute approximate surface area is 94.2 Å². The van der Waals surface area contributed by atoms with Crippen LogP contribution in [0.2, 0.25) is 0 Å². The zero-order chi connectivity index (χ0) is 11.5. The van der Waals surface area contributed by atoms with Crippen molar-refractivity contribution in [3.63, 3.8) is 0 Å². The average Bonchev–Trinajstić information content (AvgIpc) is 2.26. The van der Waals surface area contributed by atoms with Crippen molar-refractivity contribution < 1.29 is 5.11 Å². The van der Waals surface area contributed by atoms with E-state index in [1.165, 1.54) is 6.42 Å². The lowest BCUT2D eigenvalue weighted by molar-refractivity contribution is 0.0163. The minimum absolute atomic E-state index is 0.383. The maximum Gasteiger partial charge on any atom is 0.0660 e. The summed E-state index contributed by atoms with van der Waals surface area (Å²) < 4.78 is 0. The molecular weight excluding hydrogens is 186 g/mol. The normalized spacial score (nSPS) is 33.8. The molecule has 1 aliphatic rings. The van der Waals surface area contributed by atoms with Crippen LogP contribution in [0, 0.1) is 11.3 Å². The lowest BCUT2D eigenvalue weighted by atomic mass is 9.76. The van der Waals surface area contributed by atoms with Crippen molar-refractivity contribution in [1.82, 2.24) is 0 Å². The Hall–Kier alpha value is -0.0800. The van der Waals surface area contributed by atoms with Gasteiger partial charge in [0.25, 0.3) is 0 Å². The minimum Gasteiger partial charge on any atom is -0.390 e. The van der Waals surface area contributed by atoms with Gasteiger partial charge in [0.2, 0.25) is 0 Å². The van der Waals surface area contributed by atoms with E-state index in [0.717, 1.165) is 38.0 Å². The van der Waals surface area contributed by atoms with E-state index in [1.54, 1.807) is 0 Å². The molecule has 0 bridgehead atoms. The van der Waals surface area contributed by atoms with Crippen LogP contribution in [-0.4, -0.2) is 17.3 Å². The molecule has 2 atom stereocenters. The van der Waals surface area contributed by atoms with Crippen molar-refractivity contribution >= 4 is 0 Å². The fourth-order valence-electron chi connectivity index (χ4n) is 2.77. The molecule has 1 aliphatic carbocycles. The molecule has 2 heteroatoms. The standard InChI is InChI=1S/C13H27NO/c1-12(2,3)11-5-4-7-13(15,8-6-11)9-10-14/h11,15H,4-10,14H2,1-3H3. The summed E-state index contributed by atoms with van der Waals surface area (Å²) in [4.78, 5) is 0. The van der Waals surface area contributed by atoms with Crippen LogP contribution in [0.5, 0.6) is 0 Å². The number of hydrogen-bond donors (Lipinski definition) is 2. The van der Waals surface area contributed by atoms with Gasteiger partial charge in [-0.25, -0.2) is 0 Å². The van der Waals surface area contributed by atoms with Gasteiger partial charge in [-0.2, -0.15) is 0 Å². The van der Waals surface area contributed by atoms with Gasteiger partial charge < -0.3 is 10.8 Å². The van der Waals surface area contributed by atoms with Gasteiger partial charge in [0.1, 0.15) is 0 Å². The van der Waals surface area contributed by atoms with Gasteiger partial charge in [0.05, 0.1) is 5.60 Å². The zero-order valence-electron chi connectivity index (χ0n) is 10.6. The van der Waals surface area contributed by atoms with Gasteiger partial charge in [-0.1, -0.05) is 27.2 Å². The first-order valence-electron chi connectivity index (χ1n) is 6.30. The maximum absolute atomic E-state index is 10.4.